The summed E-state index contributed by atoms with van der Waals surface area (Å²) in [5.41, 5.74) is 2.60. The quantitative estimate of drug-likeness (QED) is 0.545. The first-order valence-corrected chi connectivity index (χ1v) is 4.71. The maximum Gasteiger partial charge on any atom is 0.491 e. The zero-order valence-corrected chi connectivity index (χ0v) is 8.40. The highest BCUT2D eigenvalue weighted by molar-refractivity contribution is 6.61. The molecule has 0 amide bonds. The van der Waals surface area contributed by atoms with Gasteiger partial charge < -0.3 is 14.4 Å². The van der Waals surface area contributed by atoms with Crippen molar-refractivity contribution in [2.45, 2.75) is 20.1 Å². The fourth-order valence-electron chi connectivity index (χ4n) is 1.54. The zero-order chi connectivity index (χ0) is 10.8. The van der Waals surface area contributed by atoms with Gasteiger partial charge in [0.2, 0.25) is 0 Å². The zero-order valence-electron chi connectivity index (χ0n) is 8.40. The van der Waals surface area contributed by atoms with E-state index >= 15 is 0 Å². The number of benzene rings is 1. The van der Waals surface area contributed by atoms with Crippen molar-refractivity contribution in [1.82, 2.24) is 0 Å². The molecule has 0 saturated carbocycles. The Kier molecular flexibility index (Phi) is 2.75. The Morgan fingerprint density at radius 3 is 3.20 bits per heavy atom. The molecule has 1 aliphatic heterocycles. The van der Waals surface area contributed by atoms with E-state index in [1.165, 1.54) is 6.92 Å². The lowest BCUT2D eigenvalue weighted by Gasteiger charge is -2.04. The van der Waals surface area contributed by atoms with Gasteiger partial charge in [0.25, 0.3) is 0 Å². The first-order chi connectivity index (χ1) is 7.16. The Balaban J connectivity index is 2.14. The van der Waals surface area contributed by atoms with E-state index in [1.54, 1.807) is 6.07 Å². The summed E-state index contributed by atoms with van der Waals surface area (Å²) < 4.78 is 9.91. The highest BCUT2D eigenvalue weighted by Crippen LogP contribution is 2.11. The van der Waals surface area contributed by atoms with Crippen molar-refractivity contribution in [1.29, 1.82) is 0 Å². The molecule has 1 heterocycles. The lowest BCUT2D eigenvalue weighted by Crippen LogP contribution is -2.28. The Hall–Kier alpha value is -1.33. The molecule has 0 spiro atoms. The molecule has 1 aliphatic rings. The molecule has 0 unspecified atom stereocenters. The molecule has 0 radical (unpaired) electrons. The minimum Gasteiger partial charge on any atom is -0.461 e. The van der Waals surface area contributed by atoms with Crippen LogP contribution < -0.4 is 5.46 Å². The van der Waals surface area contributed by atoms with E-state index in [1.807, 2.05) is 12.1 Å². The van der Waals surface area contributed by atoms with Crippen LogP contribution in [0.25, 0.3) is 0 Å². The number of carbonyl (C=O) groups is 1. The molecular weight excluding hydrogens is 195 g/mol. The van der Waals surface area contributed by atoms with Crippen LogP contribution in [0.2, 0.25) is 0 Å². The topological polar surface area (TPSA) is 55.8 Å². The highest BCUT2D eigenvalue weighted by atomic mass is 16.5. The lowest BCUT2D eigenvalue weighted by molar-refractivity contribution is -0.142. The molecule has 4 nitrogen and oxygen atoms in total. The number of hydrogen-bond acceptors (Lipinski definition) is 4. The third-order valence-electron chi connectivity index (χ3n) is 2.32. The van der Waals surface area contributed by atoms with Gasteiger partial charge in [-0.25, -0.2) is 0 Å². The normalized spacial score (nSPS) is 13.9. The van der Waals surface area contributed by atoms with Crippen molar-refractivity contribution >= 4 is 18.6 Å². The molecule has 1 aromatic carbocycles. The van der Waals surface area contributed by atoms with E-state index in [0.29, 0.717) is 6.61 Å². The van der Waals surface area contributed by atoms with Gasteiger partial charge in [-0.2, -0.15) is 0 Å². The maximum absolute atomic E-state index is 10.6. The molecule has 0 bridgehead atoms. The minimum absolute atomic E-state index is 0.231. The summed E-state index contributed by atoms with van der Waals surface area (Å²) >= 11 is 0. The predicted octanol–water partition coefficient (Wildman–Crippen LogP) is -0.0326. The van der Waals surface area contributed by atoms with Crippen LogP contribution in [0.1, 0.15) is 18.1 Å². The molecule has 0 aliphatic carbocycles. The van der Waals surface area contributed by atoms with Gasteiger partial charge in [0.1, 0.15) is 6.61 Å². The van der Waals surface area contributed by atoms with Gasteiger partial charge in [0.05, 0.1) is 6.61 Å². The summed E-state index contributed by atoms with van der Waals surface area (Å²) in [5, 5.41) is 9.45. The smallest absolute Gasteiger partial charge is 0.461 e. The van der Waals surface area contributed by atoms with E-state index < -0.39 is 7.12 Å². The van der Waals surface area contributed by atoms with Gasteiger partial charge in [-0.15, -0.1) is 0 Å². The summed E-state index contributed by atoms with van der Waals surface area (Å²) in [6, 6.07) is 5.55. The molecule has 0 saturated heterocycles. The molecule has 2 rings (SSSR count). The largest absolute Gasteiger partial charge is 0.491 e. The van der Waals surface area contributed by atoms with Crippen molar-refractivity contribution in [3.63, 3.8) is 0 Å². The van der Waals surface area contributed by atoms with Gasteiger partial charge in [-0.3, -0.25) is 4.79 Å². The summed E-state index contributed by atoms with van der Waals surface area (Å²) in [5.74, 6) is -0.313. The Bertz CT molecular complexity index is 391. The third kappa shape index (κ3) is 2.19. The van der Waals surface area contributed by atoms with Crippen molar-refractivity contribution in [3.05, 3.63) is 29.3 Å². The predicted molar refractivity (Wildman–Crippen MR) is 54.3 cm³/mol. The third-order valence-corrected chi connectivity index (χ3v) is 2.32. The van der Waals surface area contributed by atoms with Gasteiger partial charge in [0, 0.05) is 6.92 Å². The lowest BCUT2D eigenvalue weighted by atomic mass is 9.79. The maximum atomic E-state index is 10.6. The molecule has 1 aromatic rings. The summed E-state index contributed by atoms with van der Waals surface area (Å²) in [6.07, 6.45) is 0. The number of ether oxygens (including phenoxy) is 1. The Morgan fingerprint density at radius 2 is 2.47 bits per heavy atom. The van der Waals surface area contributed by atoms with Crippen molar-refractivity contribution in [2.75, 3.05) is 0 Å². The number of hydrogen-bond donors (Lipinski definition) is 1. The number of rotatable bonds is 2. The summed E-state index contributed by atoms with van der Waals surface area (Å²) in [7, 11) is -0.850. The first kappa shape index (κ1) is 10.2. The molecule has 5 heteroatoms. The Morgan fingerprint density at radius 1 is 1.67 bits per heavy atom. The van der Waals surface area contributed by atoms with E-state index in [2.05, 4.69) is 0 Å². The van der Waals surface area contributed by atoms with Crippen LogP contribution in [0.4, 0.5) is 0 Å². The molecule has 1 N–H and O–H groups in total. The Labute approximate surface area is 88.0 Å². The SMILES string of the molecule is CC(=O)OCc1ccc2c(c1)B(O)OC2. The van der Waals surface area contributed by atoms with Crippen LogP contribution in [-0.4, -0.2) is 18.1 Å². The summed E-state index contributed by atoms with van der Waals surface area (Å²) in [6.45, 7) is 2.03. The average molecular weight is 206 g/mol. The number of fused-ring (bicyclic) bond motifs is 1. The van der Waals surface area contributed by atoms with Crippen LogP contribution in [0.3, 0.4) is 0 Å². The van der Waals surface area contributed by atoms with E-state index in [0.717, 1.165) is 16.6 Å². The molecule has 15 heavy (non-hydrogen) atoms. The van der Waals surface area contributed by atoms with E-state index in [-0.39, 0.29) is 12.6 Å². The van der Waals surface area contributed by atoms with Crippen LogP contribution in [-0.2, 0) is 27.4 Å². The van der Waals surface area contributed by atoms with Crippen LogP contribution in [0, 0.1) is 0 Å². The van der Waals surface area contributed by atoms with Gasteiger partial charge in [-0.1, -0.05) is 18.2 Å². The molecular formula is C10H11BO4. The van der Waals surface area contributed by atoms with Gasteiger partial charge in [0.15, 0.2) is 0 Å². The van der Waals surface area contributed by atoms with Gasteiger partial charge in [-0.05, 0) is 16.6 Å². The fraction of sp³-hybridized carbons (Fsp3) is 0.300. The van der Waals surface area contributed by atoms with Crippen LogP contribution in [0.15, 0.2) is 18.2 Å². The second kappa shape index (κ2) is 4.04. The fourth-order valence-corrected chi connectivity index (χ4v) is 1.54. The molecule has 78 valence electrons. The van der Waals surface area contributed by atoms with Crippen LogP contribution >= 0.6 is 0 Å². The highest BCUT2D eigenvalue weighted by Gasteiger charge is 2.27. The monoisotopic (exact) mass is 206 g/mol. The number of carbonyl (C=O) groups excluding carboxylic acids is 1. The molecule has 0 atom stereocenters. The average Bonchev–Trinajstić information content (AvgIpc) is 2.57. The number of esters is 1. The van der Waals surface area contributed by atoms with Crippen molar-refractivity contribution in [2.24, 2.45) is 0 Å². The van der Waals surface area contributed by atoms with Crippen molar-refractivity contribution < 1.29 is 19.2 Å². The van der Waals surface area contributed by atoms with E-state index in [9.17, 15) is 9.82 Å². The molecule has 0 aromatic heterocycles. The second-order valence-corrected chi connectivity index (χ2v) is 3.48. The second-order valence-electron chi connectivity index (χ2n) is 3.48. The van der Waals surface area contributed by atoms with Crippen LogP contribution in [0.5, 0.6) is 0 Å². The minimum atomic E-state index is -0.850. The summed E-state index contributed by atoms with van der Waals surface area (Å²) in [4.78, 5) is 10.6. The standard InChI is InChI=1S/C10H11BO4/c1-7(12)14-5-8-2-3-9-6-15-11(13)10(9)4-8/h2-4,13H,5-6H2,1H3. The molecule has 0 fully saturated rings. The first-order valence-electron chi connectivity index (χ1n) is 4.71. The van der Waals surface area contributed by atoms with Crippen molar-refractivity contribution in [3.8, 4) is 0 Å². The van der Waals surface area contributed by atoms with E-state index in [4.69, 9.17) is 9.39 Å². The van der Waals surface area contributed by atoms with Gasteiger partial charge >= 0.3 is 13.1 Å².